The van der Waals surface area contributed by atoms with E-state index in [9.17, 15) is 22.4 Å². The highest BCUT2D eigenvalue weighted by molar-refractivity contribution is 7.98. The molecule has 0 aliphatic heterocycles. The van der Waals surface area contributed by atoms with E-state index < -0.39 is 34.3 Å². The number of hydrogen-bond acceptors (Lipinski definition) is 6. The van der Waals surface area contributed by atoms with Crippen LogP contribution in [0, 0.1) is 5.82 Å². The number of amides is 2. The summed E-state index contributed by atoms with van der Waals surface area (Å²) < 4.78 is 49.5. The van der Waals surface area contributed by atoms with Crippen LogP contribution in [-0.4, -0.2) is 57.1 Å². The number of para-hydroxylation sites is 2. The first-order valence-corrected chi connectivity index (χ1v) is 18.6. The molecule has 0 aliphatic carbocycles. The molecule has 1 N–H and O–H groups in total. The molecular formula is C37H42FN3O5S2. The summed E-state index contributed by atoms with van der Waals surface area (Å²) in [5, 5.41) is 2.97. The minimum absolute atomic E-state index is 0.00244. The standard InChI is InChI=1S/C37H42FN3O5S2/c1-4-6-24-39-37(43)34(25-28-12-8-7-9-13-28)40(26-29-16-18-30(38)19-17-29)36(42)27-41(33-14-10-11-15-35(33)46-5-2)48(44,45)32-22-20-31(47-3)21-23-32/h7-23,34H,4-6,24-27H2,1-3H3,(H,39,43). The fraction of sp³-hybridized carbons (Fsp3) is 0.297. The lowest BCUT2D eigenvalue weighted by molar-refractivity contribution is -0.140. The zero-order valence-electron chi connectivity index (χ0n) is 27.5. The summed E-state index contributed by atoms with van der Waals surface area (Å²) in [5.74, 6) is -1.12. The van der Waals surface area contributed by atoms with Crippen LogP contribution in [0.15, 0.2) is 113 Å². The second kappa shape index (κ2) is 17.7. The highest BCUT2D eigenvalue weighted by Crippen LogP contribution is 2.33. The van der Waals surface area contributed by atoms with Gasteiger partial charge < -0.3 is 15.0 Å². The number of rotatable bonds is 17. The zero-order valence-corrected chi connectivity index (χ0v) is 29.1. The van der Waals surface area contributed by atoms with E-state index in [4.69, 9.17) is 4.74 Å². The van der Waals surface area contributed by atoms with Gasteiger partial charge >= 0.3 is 0 Å². The molecule has 4 aromatic rings. The number of halogens is 1. The van der Waals surface area contributed by atoms with Gasteiger partial charge in [0.25, 0.3) is 10.0 Å². The monoisotopic (exact) mass is 691 g/mol. The van der Waals surface area contributed by atoms with Crippen LogP contribution in [0.2, 0.25) is 0 Å². The molecule has 4 aromatic carbocycles. The summed E-state index contributed by atoms with van der Waals surface area (Å²) in [5.41, 5.74) is 1.60. The van der Waals surface area contributed by atoms with Crippen molar-refractivity contribution < 1.29 is 27.1 Å². The first-order chi connectivity index (χ1) is 23.2. The Morgan fingerprint density at radius 1 is 0.875 bits per heavy atom. The molecular weight excluding hydrogens is 650 g/mol. The average molecular weight is 692 g/mol. The third-order valence-electron chi connectivity index (χ3n) is 7.73. The van der Waals surface area contributed by atoms with E-state index in [1.165, 1.54) is 40.9 Å². The van der Waals surface area contributed by atoms with Gasteiger partial charge in [-0.25, -0.2) is 12.8 Å². The van der Waals surface area contributed by atoms with Gasteiger partial charge in [-0.3, -0.25) is 13.9 Å². The Bertz CT molecular complexity index is 1740. The van der Waals surface area contributed by atoms with Crippen LogP contribution in [0.4, 0.5) is 10.1 Å². The SMILES string of the molecule is CCCCNC(=O)C(Cc1ccccc1)N(Cc1ccc(F)cc1)C(=O)CN(c1ccccc1OCC)S(=O)(=O)c1ccc(SC)cc1. The Morgan fingerprint density at radius 2 is 1.54 bits per heavy atom. The number of benzene rings is 4. The number of nitrogens with one attached hydrogen (secondary N) is 1. The number of carbonyl (C=O) groups is 2. The van der Waals surface area contributed by atoms with Crippen molar-refractivity contribution in [3.05, 3.63) is 120 Å². The maximum absolute atomic E-state index is 14.6. The van der Waals surface area contributed by atoms with Crippen molar-refractivity contribution in [1.82, 2.24) is 10.2 Å². The van der Waals surface area contributed by atoms with Crippen molar-refractivity contribution in [3.63, 3.8) is 0 Å². The molecule has 11 heteroatoms. The Hall–Kier alpha value is -4.35. The lowest BCUT2D eigenvalue weighted by atomic mass is 10.0. The Kier molecular flexibility index (Phi) is 13.5. The van der Waals surface area contributed by atoms with Gasteiger partial charge in [-0.2, -0.15) is 0 Å². The van der Waals surface area contributed by atoms with Crippen LogP contribution in [-0.2, 0) is 32.6 Å². The number of thioether (sulfide) groups is 1. The Labute approximate surface area is 287 Å². The molecule has 0 aliphatic rings. The van der Waals surface area contributed by atoms with Crippen LogP contribution in [0.25, 0.3) is 0 Å². The van der Waals surface area contributed by atoms with Gasteiger partial charge in [0.05, 0.1) is 17.2 Å². The first kappa shape index (κ1) is 36.5. The predicted octanol–water partition coefficient (Wildman–Crippen LogP) is 6.70. The van der Waals surface area contributed by atoms with E-state index in [0.29, 0.717) is 17.9 Å². The molecule has 0 bridgehead atoms. The fourth-order valence-electron chi connectivity index (χ4n) is 5.18. The van der Waals surface area contributed by atoms with Gasteiger partial charge in [-0.05, 0) is 79.3 Å². The number of ether oxygens (including phenoxy) is 1. The van der Waals surface area contributed by atoms with Crippen molar-refractivity contribution in [3.8, 4) is 5.75 Å². The van der Waals surface area contributed by atoms with Crippen molar-refractivity contribution in [2.45, 2.75) is 55.5 Å². The van der Waals surface area contributed by atoms with Crippen LogP contribution < -0.4 is 14.4 Å². The lowest BCUT2D eigenvalue weighted by Gasteiger charge is -2.34. The minimum Gasteiger partial charge on any atom is -0.492 e. The minimum atomic E-state index is -4.30. The normalized spacial score (nSPS) is 11.8. The summed E-state index contributed by atoms with van der Waals surface area (Å²) in [6.07, 6.45) is 3.70. The summed E-state index contributed by atoms with van der Waals surface area (Å²) in [7, 11) is -4.30. The number of nitrogens with zero attached hydrogens (tertiary/aromatic N) is 2. The maximum atomic E-state index is 14.6. The molecule has 254 valence electrons. The number of carbonyl (C=O) groups excluding carboxylic acids is 2. The van der Waals surface area contributed by atoms with Gasteiger partial charge in [0.2, 0.25) is 11.8 Å². The topological polar surface area (TPSA) is 96.0 Å². The summed E-state index contributed by atoms with van der Waals surface area (Å²) >= 11 is 1.48. The van der Waals surface area contributed by atoms with Gasteiger partial charge in [-0.15, -0.1) is 11.8 Å². The summed E-state index contributed by atoms with van der Waals surface area (Å²) in [4.78, 5) is 30.8. The third-order valence-corrected chi connectivity index (χ3v) is 10.2. The molecule has 4 rings (SSSR count). The van der Waals surface area contributed by atoms with Crippen molar-refractivity contribution in [2.24, 2.45) is 0 Å². The molecule has 1 atom stereocenters. The molecule has 0 heterocycles. The molecule has 8 nitrogen and oxygen atoms in total. The lowest BCUT2D eigenvalue weighted by Crippen LogP contribution is -2.53. The number of sulfonamides is 1. The number of anilines is 1. The average Bonchev–Trinajstić information content (AvgIpc) is 3.10. The molecule has 48 heavy (non-hydrogen) atoms. The molecule has 0 saturated carbocycles. The molecule has 0 aromatic heterocycles. The Balaban J connectivity index is 1.82. The van der Waals surface area contributed by atoms with E-state index in [-0.39, 0.29) is 36.1 Å². The van der Waals surface area contributed by atoms with E-state index in [2.05, 4.69) is 5.32 Å². The van der Waals surface area contributed by atoms with Crippen molar-refractivity contribution >= 4 is 39.3 Å². The molecule has 0 saturated heterocycles. The molecule has 0 fully saturated rings. The number of hydrogen-bond donors (Lipinski definition) is 1. The fourth-order valence-corrected chi connectivity index (χ4v) is 7.01. The second-order valence-electron chi connectivity index (χ2n) is 11.1. The maximum Gasteiger partial charge on any atom is 0.264 e. The van der Waals surface area contributed by atoms with Gasteiger partial charge in [-0.1, -0.05) is 67.9 Å². The predicted molar refractivity (Wildman–Crippen MR) is 189 cm³/mol. The van der Waals surface area contributed by atoms with E-state index >= 15 is 0 Å². The van der Waals surface area contributed by atoms with E-state index in [1.807, 2.05) is 43.5 Å². The highest BCUT2D eigenvalue weighted by Gasteiger charge is 2.35. The molecule has 2 amide bonds. The van der Waals surface area contributed by atoms with Crippen LogP contribution >= 0.6 is 11.8 Å². The molecule has 1 unspecified atom stereocenters. The second-order valence-corrected chi connectivity index (χ2v) is 13.8. The Morgan fingerprint density at radius 3 is 2.19 bits per heavy atom. The molecule has 0 spiro atoms. The number of unbranched alkanes of at least 4 members (excludes halogenated alkanes) is 1. The van der Waals surface area contributed by atoms with Gasteiger partial charge in [0.15, 0.2) is 0 Å². The van der Waals surface area contributed by atoms with Crippen molar-refractivity contribution in [1.29, 1.82) is 0 Å². The van der Waals surface area contributed by atoms with Gasteiger partial charge in [0, 0.05) is 24.4 Å². The summed E-state index contributed by atoms with van der Waals surface area (Å²) in [6, 6.07) is 27.1. The summed E-state index contributed by atoms with van der Waals surface area (Å²) in [6.45, 7) is 3.83. The van der Waals surface area contributed by atoms with E-state index in [0.717, 1.165) is 27.6 Å². The van der Waals surface area contributed by atoms with E-state index in [1.54, 1.807) is 55.5 Å². The first-order valence-electron chi connectivity index (χ1n) is 15.9. The third kappa shape index (κ3) is 9.60. The smallest absolute Gasteiger partial charge is 0.264 e. The highest BCUT2D eigenvalue weighted by atomic mass is 32.2. The largest absolute Gasteiger partial charge is 0.492 e. The van der Waals surface area contributed by atoms with Gasteiger partial charge in [0.1, 0.15) is 24.2 Å². The molecule has 0 radical (unpaired) electrons. The quantitative estimate of drug-likeness (QED) is 0.0979. The van der Waals surface area contributed by atoms with Crippen LogP contribution in [0.1, 0.15) is 37.8 Å². The zero-order chi connectivity index (χ0) is 34.5. The van der Waals surface area contributed by atoms with Crippen LogP contribution in [0.5, 0.6) is 5.75 Å². The van der Waals surface area contributed by atoms with Crippen molar-refractivity contribution in [2.75, 3.05) is 30.3 Å². The van der Waals surface area contributed by atoms with Crippen LogP contribution in [0.3, 0.4) is 0 Å².